The highest BCUT2D eigenvalue weighted by Gasteiger charge is 2.36. The maximum absolute atomic E-state index is 10.7. The molecule has 0 fully saturated rings. The van der Waals surface area contributed by atoms with Gasteiger partial charge in [-0.15, -0.1) is 11.3 Å². The van der Waals surface area contributed by atoms with E-state index in [1.807, 2.05) is 39.0 Å². The average molecular weight is 462 g/mol. The van der Waals surface area contributed by atoms with E-state index in [1.54, 1.807) is 0 Å². The molecule has 0 bridgehead atoms. The van der Waals surface area contributed by atoms with E-state index < -0.39 is 11.2 Å². The van der Waals surface area contributed by atoms with Crippen LogP contribution in [0.4, 0.5) is 0 Å². The summed E-state index contributed by atoms with van der Waals surface area (Å²) in [6.45, 7) is 7.53. The summed E-state index contributed by atoms with van der Waals surface area (Å²) in [6, 6.07) is 28.5. The third-order valence-corrected chi connectivity index (χ3v) is 8.65. The van der Waals surface area contributed by atoms with Gasteiger partial charge >= 0.3 is 7.48 Å². The summed E-state index contributed by atoms with van der Waals surface area (Å²) in [4.78, 5) is 0. The number of hydrogen-bond donors (Lipinski definition) is 1. The van der Waals surface area contributed by atoms with Crippen LogP contribution in [0, 0.1) is 0 Å². The largest absolute Gasteiger partial charge is 0.427 e. The molecule has 1 aromatic heterocycles. The van der Waals surface area contributed by atoms with E-state index >= 15 is 0 Å². The number of benzene rings is 5. The van der Waals surface area contributed by atoms with Crippen molar-refractivity contribution in [2.75, 3.05) is 0 Å². The molecule has 34 heavy (non-hydrogen) atoms. The summed E-state index contributed by atoms with van der Waals surface area (Å²) in [5.74, 6) is 0. The van der Waals surface area contributed by atoms with Gasteiger partial charge in [0.15, 0.2) is 0 Å². The summed E-state index contributed by atoms with van der Waals surface area (Å²) in [6.07, 6.45) is 0. The van der Waals surface area contributed by atoms with Crippen molar-refractivity contribution in [3.05, 3.63) is 78.9 Å². The average Bonchev–Trinajstić information content (AvgIpc) is 3.22. The summed E-state index contributed by atoms with van der Waals surface area (Å²) in [7, 11) is 0.436. The van der Waals surface area contributed by atoms with Crippen molar-refractivity contribution < 1.29 is 9.76 Å². The highest BCUT2D eigenvalue weighted by molar-refractivity contribution is 7.27. The van der Waals surface area contributed by atoms with Gasteiger partial charge in [0, 0.05) is 20.2 Å². The van der Waals surface area contributed by atoms with E-state index in [1.165, 1.54) is 52.5 Å². The number of fused-ring (bicyclic) bond motifs is 9. The predicted octanol–water partition coefficient (Wildman–Crippen LogP) is 7.06. The fourth-order valence-corrected chi connectivity index (χ4v) is 6.16. The van der Waals surface area contributed by atoms with Crippen molar-refractivity contribution in [1.29, 1.82) is 0 Å². The van der Waals surface area contributed by atoms with Crippen LogP contribution in [0.3, 0.4) is 0 Å². The van der Waals surface area contributed by atoms with Crippen molar-refractivity contribution in [2.24, 2.45) is 0 Å². The molecule has 1 heterocycles. The molecule has 2 nitrogen and oxygen atoms in total. The SMILES string of the molecule is CC(C)(O)C(C)(C)OBc1cc2ccc3ccccc3c2c2sc3ccc4ccccc4c3c12. The number of hydrogen-bond acceptors (Lipinski definition) is 3. The number of aliphatic hydroxyl groups is 1. The minimum absolute atomic E-state index is 0.436. The number of rotatable bonds is 4. The highest BCUT2D eigenvalue weighted by atomic mass is 32.1. The van der Waals surface area contributed by atoms with Crippen LogP contribution in [-0.4, -0.2) is 23.8 Å². The minimum atomic E-state index is -0.956. The number of thiophene rings is 1. The van der Waals surface area contributed by atoms with E-state index in [0.29, 0.717) is 7.48 Å². The Balaban J connectivity index is 1.73. The lowest BCUT2D eigenvalue weighted by Gasteiger charge is -2.37. The van der Waals surface area contributed by atoms with Gasteiger partial charge in [-0.05, 0) is 71.5 Å². The maximum atomic E-state index is 10.7. The molecule has 0 aliphatic heterocycles. The van der Waals surface area contributed by atoms with Crippen molar-refractivity contribution in [3.63, 3.8) is 0 Å². The summed E-state index contributed by atoms with van der Waals surface area (Å²) in [5, 5.41) is 20.8. The molecule has 0 spiro atoms. The molecule has 0 amide bonds. The van der Waals surface area contributed by atoms with Crippen LogP contribution in [-0.2, 0) is 4.65 Å². The van der Waals surface area contributed by atoms with Crippen molar-refractivity contribution in [1.82, 2.24) is 0 Å². The van der Waals surface area contributed by atoms with Gasteiger partial charge in [0.05, 0.1) is 11.2 Å². The molecule has 0 aliphatic carbocycles. The Morgan fingerprint density at radius 2 is 1.29 bits per heavy atom. The first-order valence-corrected chi connectivity index (χ1v) is 12.6. The molecular formula is C30H27BO2S. The molecule has 0 saturated carbocycles. The van der Waals surface area contributed by atoms with Crippen LogP contribution >= 0.6 is 11.3 Å². The first-order valence-electron chi connectivity index (χ1n) is 11.8. The van der Waals surface area contributed by atoms with Gasteiger partial charge in [-0.25, -0.2) is 0 Å². The smallest absolute Gasteiger partial charge is 0.310 e. The monoisotopic (exact) mass is 462 g/mol. The maximum Gasteiger partial charge on any atom is 0.310 e. The molecule has 0 saturated heterocycles. The van der Waals surface area contributed by atoms with Gasteiger partial charge in [0.2, 0.25) is 0 Å². The van der Waals surface area contributed by atoms with Gasteiger partial charge in [0.25, 0.3) is 0 Å². The summed E-state index contributed by atoms with van der Waals surface area (Å²) in [5.41, 5.74) is -0.480. The molecule has 0 unspecified atom stereocenters. The second-order valence-electron chi connectivity index (χ2n) is 10.2. The Hall–Kier alpha value is -2.92. The van der Waals surface area contributed by atoms with Crippen molar-refractivity contribution >= 4 is 76.8 Å². The molecule has 6 aromatic rings. The van der Waals surface area contributed by atoms with Crippen LogP contribution in [0.5, 0.6) is 0 Å². The Morgan fingerprint density at radius 1 is 0.706 bits per heavy atom. The first kappa shape index (κ1) is 21.6. The van der Waals surface area contributed by atoms with Crippen molar-refractivity contribution in [3.8, 4) is 0 Å². The third-order valence-electron chi connectivity index (χ3n) is 7.48. The van der Waals surface area contributed by atoms with Gasteiger partial charge in [-0.1, -0.05) is 72.8 Å². The zero-order valence-corrected chi connectivity index (χ0v) is 20.8. The second kappa shape index (κ2) is 7.54. The Kier molecular flexibility index (Phi) is 4.79. The molecule has 168 valence electrons. The predicted molar refractivity (Wildman–Crippen MR) is 150 cm³/mol. The molecule has 4 heteroatoms. The van der Waals surface area contributed by atoms with Gasteiger partial charge in [0.1, 0.15) is 0 Å². The third kappa shape index (κ3) is 3.24. The van der Waals surface area contributed by atoms with E-state index in [0.717, 1.165) is 5.46 Å². The standard InChI is InChI=1S/C30H27BO2S/c1-29(2,32)30(3,4)33-31-23-17-20-14-13-18-9-5-7-11-21(18)25(20)28-27(23)26-22-12-8-6-10-19(22)15-16-24(26)34-28/h5-17,31-32H,1-4H3. The fourth-order valence-electron chi connectivity index (χ4n) is 4.82. The lowest BCUT2D eigenvalue weighted by molar-refractivity contribution is -0.0893. The zero-order chi connectivity index (χ0) is 23.7. The van der Waals surface area contributed by atoms with Crippen LogP contribution in [0.25, 0.3) is 52.5 Å². The van der Waals surface area contributed by atoms with Gasteiger partial charge < -0.3 is 9.76 Å². The molecule has 0 aliphatic rings. The fraction of sp³-hybridized carbons (Fsp3) is 0.200. The molecule has 0 radical (unpaired) electrons. The quantitative estimate of drug-likeness (QED) is 0.225. The Labute approximate surface area is 204 Å². The molecule has 0 atom stereocenters. The van der Waals surface area contributed by atoms with Gasteiger partial charge in [-0.3, -0.25) is 0 Å². The highest BCUT2D eigenvalue weighted by Crippen LogP contribution is 2.43. The van der Waals surface area contributed by atoms with Crippen LogP contribution < -0.4 is 5.46 Å². The zero-order valence-electron chi connectivity index (χ0n) is 20.0. The normalized spacial score (nSPS) is 13.0. The summed E-state index contributed by atoms with van der Waals surface area (Å²) < 4.78 is 9.00. The van der Waals surface area contributed by atoms with E-state index in [9.17, 15) is 5.11 Å². The molecule has 5 aromatic carbocycles. The van der Waals surface area contributed by atoms with Gasteiger partial charge in [-0.2, -0.15) is 0 Å². The molecular weight excluding hydrogens is 435 g/mol. The first-order chi connectivity index (χ1) is 16.2. The van der Waals surface area contributed by atoms with Crippen LogP contribution in [0.1, 0.15) is 27.7 Å². The second-order valence-corrected chi connectivity index (χ2v) is 11.3. The lowest BCUT2D eigenvalue weighted by atomic mass is 9.79. The minimum Gasteiger partial charge on any atom is -0.427 e. The Morgan fingerprint density at radius 3 is 1.97 bits per heavy atom. The summed E-state index contributed by atoms with van der Waals surface area (Å²) >= 11 is 1.87. The Bertz CT molecular complexity index is 1720. The topological polar surface area (TPSA) is 29.5 Å². The van der Waals surface area contributed by atoms with Crippen LogP contribution in [0.15, 0.2) is 78.9 Å². The van der Waals surface area contributed by atoms with E-state index in [-0.39, 0.29) is 0 Å². The van der Waals surface area contributed by atoms with E-state index in [4.69, 9.17) is 4.65 Å². The van der Waals surface area contributed by atoms with Crippen LogP contribution in [0.2, 0.25) is 0 Å². The molecule has 6 rings (SSSR count). The lowest BCUT2D eigenvalue weighted by Crippen LogP contribution is -2.49. The van der Waals surface area contributed by atoms with Crippen molar-refractivity contribution in [2.45, 2.75) is 38.9 Å². The van der Waals surface area contributed by atoms with E-state index in [2.05, 4.69) is 78.9 Å². The molecule has 1 N–H and O–H groups in total.